The Hall–Kier alpha value is 0.505. The summed E-state index contributed by atoms with van der Waals surface area (Å²) in [5.41, 5.74) is 0. The molecule has 1 aliphatic heterocycles. The molecule has 0 bridgehead atoms. The summed E-state index contributed by atoms with van der Waals surface area (Å²) >= 11 is 0. The first-order chi connectivity index (χ1) is 5.25. The molecule has 1 saturated heterocycles. The number of hydrogen-bond donors (Lipinski definition) is 0. The predicted molar refractivity (Wildman–Crippen MR) is 63.7 cm³/mol. The first-order valence-corrected chi connectivity index (χ1v) is 7.61. The first kappa shape index (κ1) is 9.59. The van der Waals surface area contributed by atoms with E-state index in [9.17, 15) is 0 Å². The monoisotopic (exact) mass is 187 g/mol. The second-order valence-corrected chi connectivity index (χ2v) is 8.34. The summed E-state index contributed by atoms with van der Waals surface area (Å²) in [6.07, 6.45) is 4.00. The van der Waals surface area contributed by atoms with E-state index in [1.807, 2.05) is 0 Å². The first-order valence-electron chi connectivity index (χ1n) is 4.07. The average Bonchev–Trinajstić information content (AvgIpc) is 2.31. The minimum atomic E-state index is 0.390. The van der Waals surface area contributed by atoms with E-state index in [1.54, 1.807) is 0 Å². The molecule has 1 heterocycles. The molecule has 0 aromatic rings. The molecule has 0 spiro atoms. The Bertz CT molecular complexity index is 177. The lowest BCUT2D eigenvalue weighted by Crippen LogP contribution is -1.99. The molecule has 1 radical (unpaired) electrons. The van der Waals surface area contributed by atoms with Crippen molar-refractivity contribution in [2.45, 2.75) is 31.2 Å². The Kier molecular flexibility index (Phi) is 3.93. The second-order valence-electron chi connectivity index (χ2n) is 2.92. The molecule has 0 nitrogen and oxygen atoms in total. The molecule has 3 atom stereocenters. The summed E-state index contributed by atoms with van der Waals surface area (Å²) in [6.45, 7) is 2.14. The van der Waals surface area contributed by atoms with Crippen LogP contribution < -0.4 is 0 Å². The van der Waals surface area contributed by atoms with Crippen LogP contribution in [0.15, 0.2) is 0 Å². The molecule has 3 heteroatoms. The summed E-state index contributed by atoms with van der Waals surface area (Å²) in [7, 11) is 3.05. The molecule has 0 saturated carbocycles. The van der Waals surface area contributed by atoms with E-state index >= 15 is 0 Å². The number of rotatable bonds is 3. The molecular formula is C8H16BS2. The Morgan fingerprint density at radius 3 is 2.73 bits per heavy atom. The van der Waals surface area contributed by atoms with Crippen molar-refractivity contribution in [1.82, 2.24) is 0 Å². The maximum absolute atomic E-state index is 4.22. The van der Waals surface area contributed by atoms with Crippen molar-refractivity contribution in [3.05, 3.63) is 0 Å². The van der Waals surface area contributed by atoms with Gasteiger partial charge in [0.1, 0.15) is 7.28 Å². The van der Waals surface area contributed by atoms with E-state index in [4.69, 9.17) is 0 Å². The van der Waals surface area contributed by atoms with Gasteiger partial charge in [0.05, 0.1) is 0 Å². The molecule has 63 valence electrons. The fourth-order valence-corrected chi connectivity index (χ4v) is 6.06. The summed E-state index contributed by atoms with van der Waals surface area (Å²) < 4.78 is 0. The van der Waals surface area contributed by atoms with Crippen molar-refractivity contribution < 1.29 is 0 Å². The van der Waals surface area contributed by atoms with E-state index in [0.717, 1.165) is 5.25 Å². The van der Waals surface area contributed by atoms with Crippen molar-refractivity contribution in [3.8, 4) is 0 Å². The summed E-state index contributed by atoms with van der Waals surface area (Å²) in [6, 6.07) is 0. The van der Waals surface area contributed by atoms with Crippen LogP contribution in [0.5, 0.6) is 0 Å². The van der Waals surface area contributed by atoms with Gasteiger partial charge < -0.3 is 0 Å². The van der Waals surface area contributed by atoms with Crippen LogP contribution >= 0.6 is 19.0 Å². The molecule has 1 rings (SSSR count). The van der Waals surface area contributed by atoms with Gasteiger partial charge in [-0.3, -0.25) is 0 Å². The number of hydrogen-bond acceptors (Lipinski definition) is 0. The van der Waals surface area contributed by atoms with Gasteiger partial charge in [0, 0.05) is 5.25 Å². The van der Waals surface area contributed by atoms with Gasteiger partial charge in [-0.1, -0.05) is 24.9 Å². The average molecular weight is 187 g/mol. The van der Waals surface area contributed by atoms with Gasteiger partial charge in [-0.25, -0.2) is 0 Å². The zero-order chi connectivity index (χ0) is 8.27. The van der Waals surface area contributed by atoms with Crippen LogP contribution in [0.3, 0.4) is 0 Å². The van der Waals surface area contributed by atoms with Gasteiger partial charge in [-0.05, 0) is 18.6 Å². The third kappa shape index (κ3) is 2.48. The molecule has 3 unspecified atom stereocenters. The minimum Gasteiger partial charge on any atom is -0.142 e. The molecule has 11 heavy (non-hydrogen) atoms. The highest BCUT2D eigenvalue weighted by Crippen LogP contribution is 2.49. The summed E-state index contributed by atoms with van der Waals surface area (Å²) in [5.74, 6) is 9.70. The van der Waals surface area contributed by atoms with Gasteiger partial charge in [0.15, 0.2) is 0 Å². The van der Waals surface area contributed by atoms with Crippen molar-refractivity contribution in [3.63, 3.8) is 0 Å². The van der Waals surface area contributed by atoms with Gasteiger partial charge in [0.25, 0.3) is 0 Å². The third-order valence-electron chi connectivity index (χ3n) is 2.12. The van der Waals surface area contributed by atoms with Gasteiger partial charge >= 0.3 is 0 Å². The highest BCUT2D eigenvalue weighted by atomic mass is 33.1. The lowest BCUT2D eigenvalue weighted by Gasteiger charge is -2.10. The van der Waals surface area contributed by atoms with Crippen LogP contribution in [-0.2, 0) is 0 Å². The highest BCUT2D eigenvalue weighted by molar-refractivity contribution is 8.89. The molecule has 1 fully saturated rings. The Balaban J connectivity index is 2.36. The predicted octanol–water partition coefficient (Wildman–Crippen LogP) is 2.64. The van der Waals surface area contributed by atoms with E-state index in [-0.39, 0.29) is 0 Å². The van der Waals surface area contributed by atoms with Gasteiger partial charge in [-0.2, -0.15) is 0 Å². The third-order valence-corrected chi connectivity index (χ3v) is 7.76. The molecule has 0 aromatic carbocycles. The zero-order valence-electron chi connectivity index (χ0n) is 7.21. The smallest absolute Gasteiger partial charge is 0.105 e. The summed E-state index contributed by atoms with van der Waals surface area (Å²) in [4.78, 5) is 0. The fraction of sp³-hybridized carbons (Fsp3) is 0.750. The van der Waals surface area contributed by atoms with Crippen LogP contribution in [0.25, 0.3) is 0 Å². The lowest BCUT2D eigenvalue weighted by atomic mass is 9.76. The maximum Gasteiger partial charge on any atom is 0.105 e. The molecule has 0 amide bonds. The van der Waals surface area contributed by atoms with E-state index in [2.05, 4.69) is 25.8 Å². The maximum atomic E-state index is 4.22. The topological polar surface area (TPSA) is 0 Å². The van der Waals surface area contributed by atoms with Crippen molar-refractivity contribution in [2.24, 2.45) is 0 Å². The van der Waals surface area contributed by atoms with Crippen LogP contribution in [0.2, 0.25) is 13.1 Å². The van der Waals surface area contributed by atoms with Gasteiger partial charge in [-0.15, -0.1) is 19.0 Å². The Labute approximate surface area is 75.3 Å². The SMILES string of the molecule is C=S1CCC(CC[B]C)S1=C. The quantitative estimate of drug-likeness (QED) is 0.362. The largest absolute Gasteiger partial charge is 0.142 e. The van der Waals surface area contributed by atoms with Crippen molar-refractivity contribution in [1.29, 1.82) is 0 Å². The second kappa shape index (κ2) is 4.51. The van der Waals surface area contributed by atoms with Crippen LogP contribution in [0.1, 0.15) is 12.8 Å². The van der Waals surface area contributed by atoms with Crippen LogP contribution in [-0.4, -0.2) is 30.0 Å². The lowest BCUT2D eigenvalue weighted by molar-refractivity contribution is 0.808. The van der Waals surface area contributed by atoms with Gasteiger partial charge in [0.2, 0.25) is 0 Å². The van der Waals surface area contributed by atoms with Crippen molar-refractivity contribution in [2.75, 3.05) is 5.75 Å². The molecule has 0 N–H and O–H groups in total. The van der Waals surface area contributed by atoms with Crippen LogP contribution in [0.4, 0.5) is 0 Å². The van der Waals surface area contributed by atoms with Crippen molar-refractivity contribution >= 4 is 38.1 Å². The summed E-state index contributed by atoms with van der Waals surface area (Å²) in [5, 5.41) is 0.895. The van der Waals surface area contributed by atoms with E-state index < -0.39 is 0 Å². The standard InChI is InChI=1S/C8H16BS2/c1-9-6-4-8-5-7-10(2)11(8)3/h8H,2-7H2,1H3. The fourth-order valence-electron chi connectivity index (χ4n) is 1.32. The molecule has 0 aromatic heterocycles. The minimum absolute atomic E-state index is 0.390. The van der Waals surface area contributed by atoms with E-state index in [0.29, 0.717) is 19.0 Å². The molecule has 0 aliphatic carbocycles. The Morgan fingerprint density at radius 2 is 2.27 bits per heavy atom. The van der Waals surface area contributed by atoms with E-state index in [1.165, 1.54) is 24.9 Å². The highest BCUT2D eigenvalue weighted by Gasteiger charge is 2.19. The normalized spacial score (nSPS) is 37.4. The van der Waals surface area contributed by atoms with Crippen LogP contribution in [0, 0.1) is 0 Å². The Morgan fingerprint density at radius 1 is 1.55 bits per heavy atom. The molecule has 1 aliphatic rings. The zero-order valence-corrected chi connectivity index (χ0v) is 8.85. The molecular weight excluding hydrogens is 171 g/mol.